The van der Waals surface area contributed by atoms with Gasteiger partial charge in [0.1, 0.15) is 18.8 Å². The van der Waals surface area contributed by atoms with Gasteiger partial charge in [-0.1, -0.05) is 91.0 Å². The minimum absolute atomic E-state index is 0.0247. The summed E-state index contributed by atoms with van der Waals surface area (Å²) in [6.07, 6.45) is 2.97. The molecule has 1 aliphatic heterocycles. The van der Waals surface area contributed by atoms with Crippen LogP contribution in [-0.2, 0) is 28.6 Å². The van der Waals surface area contributed by atoms with Crippen LogP contribution in [0.5, 0.6) is 0 Å². The molecule has 0 aromatic heterocycles. The highest BCUT2D eigenvalue weighted by atomic mass is 16.6. The summed E-state index contributed by atoms with van der Waals surface area (Å²) in [6, 6.07) is 24.1. The zero-order valence-corrected chi connectivity index (χ0v) is 27.3. The molecular weight excluding hydrogens is 626 g/mol. The normalized spacial score (nSPS) is 19.6. The van der Waals surface area contributed by atoms with E-state index in [2.05, 4.69) is 28.1 Å². The van der Waals surface area contributed by atoms with Gasteiger partial charge in [0.2, 0.25) is 11.8 Å². The Hall–Kier alpha value is -5.00. The van der Waals surface area contributed by atoms with Gasteiger partial charge in [-0.2, -0.15) is 0 Å². The number of aliphatic hydroxyl groups is 1. The monoisotopic (exact) mass is 669 g/mol. The smallest absolute Gasteiger partial charge is 0.407 e. The fourth-order valence-corrected chi connectivity index (χ4v) is 6.14. The lowest BCUT2D eigenvalue weighted by Gasteiger charge is -2.24. The Kier molecular flexibility index (Phi) is 12.9. The zero-order valence-electron chi connectivity index (χ0n) is 27.3. The van der Waals surface area contributed by atoms with Gasteiger partial charge in [0.15, 0.2) is 0 Å². The number of benzene rings is 3. The maximum Gasteiger partial charge on any atom is 0.407 e. The van der Waals surface area contributed by atoms with Crippen molar-refractivity contribution < 1.29 is 38.5 Å². The van der Waals surface area contributed by atoms with Crippen LogP contribution in [0.1, 0.15) is 54.4 Å². The second-order valence-electron chi connectivity index (χ2n) is 12.0. The third kappa shape index (κ3) is 9.77. The Balaban J connectivity index is 1.25. The fraction of sp³-hybridized carbons (Fsp3) is 0.368. The molecular formula is C38H43N3O8. The predicted molar refractivity (Wildman–Crippen MR) is 182 cm³/mol. The van der Waals surface area contributed by atoms with Crippen LogP contribution < -0.4 is 16.0 Å². The van der Waals surface area contributed by atoms with Gasteiger partial charge in [-0.05, 0) is 47.1 Å². The lowest BCUT2D eigenvalue weighted by atomic mass is 9.98. The molecule has 3 aromatic carbocycles. The van der Waals surface area contributed by atoms with E-state index >= 15 is 0 Å². The number of carbonyl (C=O) groups is 4. The molecule has 0 fully saturated rings. The van der Waals surface area contributed by atoms with E-state index in [1.807, 2.05) is 54.6 Å². The highest BCUT2D eigenvalue weighted by Crippen LogP contribution is 2.44. The maximum atomic E-state index is 13.6. The molecule has 0 saturated heterocycles. The van der Waals surface area contributed by atoms with Crippen molar-refractivity contribution in [3.05, 3.63) is 108 Å². The van der Waals surface area contributed by atoms with Gasteiger partial charge in [0.05, 0.1) is 32.3 Å². The average Bonchev–Trinajstić information content (AvgIpc) is 3.44. The molecule has 11 heteroatoms. The van der Waals surface area contributed by atoms with Crippen LogP contribution in [0.2, 0.25) is 0 Å². The summed E-state index contributed by atoms with van der Waals surface area (Å²) < 4.78 is 16.8. The summed E-state index contributed by atoms with van der Waals surface area (Å²) in [7, 11) is 0. The number of hydrogen-bond donors (Lipinski definition) is 4. The number of rotatable bonds is 11. The van der Waals surface area contributed by atoms with Crippen molar-refractivity contribution >= 4 is 23.9 Å². The highest BCUT2D eigenvalue weighted by Gasteiger charge is 2.31. The van der Waals surface area contributed by atoms with E-state index in [4.69, 9.17) is 19.3 Å². The van der Waals surface area contributed by atoms with Gasteiger partial charge in [-0.15, -0.1) is 0 Å². The van der Waals surface area contributed by atoms with Gasteiger partial charge in [0.25, 0.3) is 0 Å². The number of ether oxygens (including phenoxy) is 3. The molecule has 1 aliphatic carbocycles. The summed E-state index contributed by atoms with van der Waals surface area (Å²) in [6.45, 7) is 0.661. The molecule has 49 heavy (non-hydrogen) atoms. The van der Waals surface area contributed by atoms with Crippen molar-refractivity contribution in [3.63, 3.8) is 0 Å². The van der Waals surface area contributed by atoms with Crippen LogP contribution in [0.4, 0.5) is 4.79 Å². The van der Waals surface area contributed by atoms with Crippen LogP contribution in [0, 0.1) is 5.92 Å². The number of alkyl carbamates (subject to hydrolysis) is 1. The predicted octanol–water partition coefficient (Wildman–Crippen LogP) is 4.17. The Bertz CT molecular complexity index is 1570. The van der Waals surface area contributed by atoms with Crippen LogP contribution in [0.15, 0.2) is 91.0 Å². The second-order valence-corrected chi connectivity index (χ2v) is 12.0. The van der Waals surface area contributed by atoms with E-state index in [9.17, 15) is 19.2 Å². The maximum absolute atomic E-state index is 13.6. The summed E-state index contributed by atoms with van der Waals surface area (Å²) in [4.78, 5) is 52.6. The molecule has 3 aromatic rings. The molecule has 1 heterocycles. The van der Waals surface area contributed by atoms with Crippen molar-refractivity contribution in [2.45, 2.75) is 43.7 Å². The highest BCUT2D eigenvalue weighted by molar-refractivity contribution is 5.86. The first-order valence-electron chi connectivity index (χ1n) is 16.7. The first kappa shape index (κ1) is 35.3. The van der Waals surface area contributed by atoms with Crippen molar-refractivity contribution in [1.29, 1.82) is 0 Å². The lowest BCUT2D eigenvalue weighted by Crippen LogP contribution is -2.44. The molecule has 3 amide bonds. The third-order valence-electron chi connectivity index (χ3n) is 8.63. The Morgan fingerprint density at radius 3 is 2.31 bits per heavy atom. The molecule has 11 nitrogen and oxygen atoms in total. The number of cyclic esters (lactones) is 1. The number of fused-ring (bicyclic) bond motifs is 3. The van der Waals surface area contributed by atoms with Crippen LogP contribution in [0.25, 0.3) is 11.1 Å². The second kappa shape index (κ2) is 18.0. The van der Waals surface area contributed by atoms with Crippen LogP contribution in [0.3, 0.4) is 0 Å². The summed E-state index contributed by atoms with van der Waals surface area (Å²) in [5, 5.41) is 17.1. The number of amides is 3. The molecule has 0 spiro atoms. The SMILES string of the molecule is O=C(C[C@H]1CC=CCC[C@H](NC(=O)OCC2c3ccccc3-c3ccccc32)C(=O)O[C@H](c2ccccc2)CNC1=O)NCCOCCO. The topological polar surface area (TPSA) is 152 Å². The molecule has 0 radical (unpaired) electrons. The number of carbonyl (C=O) groups excluding carboxylic acids is 4. The van der Waals surface area contributed by atoms with E-state index in [1.54, 1.807) is 24.3 Å². The van der Waals surface area contributed by atoms with Crippen molar-refractivity contribution in [1.82, 2.24) is 16.0 Å². The van der Waals surface area contributed by atoms with E-state index < -0.39 is 30.1 Å². The molecule has 258 valence electrons. The van der Waals surface area contributed by atoms with Crippen molar-refractivity contribution in [2.75, 3.05) is 39.5 Å². The Morgan fingerprint density at radius 1 is 0.898 bits per heavy atom. The number of nitrogens with one attached hydrogen (secondary N) is 3. The molecule has 5 rings (SSSR count). The molecule has 3 atom stereocenters. The van der Waals surface area contributed by atoms with E-state index in [0.29, 0.717) is 18.4 Å². The molecule has 4 N–H and O–H groups in total. The standard InChI is InChI=1S/C38H43N3O8/c42-20-22-47-21-19-39-35(43)23-27-13-5-2-6-18-33(37(45)49-34(24-40-36(27)44)26-11-3-1-4-12-26)41-38(46)48-25-32-30-16-9-7-14-28(30)29-15-8-10-17-31(29)32/h1-5,7-12,14-17,27,32-34,42H,6,13,18-25H2,(H,39,43)(H,40,44)(H,41,46)/t27-,33+,34+/m1/s1. The van der Waals surface area contributed by atoms with E-state index in [-0.39, 0.29) is 70.1 Å². The van der Waals surface area contributed by atoms with Gasteiger partial charge in [-0.3, -0.25) is 9.59 Å². The minimum atomic E-state index is -1.00. The molecule has 0 unspecified atom stereocenters. The van der Waals surface area contributed by atoms with Gasteiger partial charge < -0.3 is 35.3 Å². The quantitative estimate of drug-likeness (QED) is 0.135. The van der Waals surface area contributed by atoms with Gasteiger partial charge in [0, 0.05) is 18.9 Å². The number of hydrogen-bond acceptors (Lipinski definition) is 8. The summed E-state index contributed by atoms with van der Waals surface area (Å²) in [5.74, 6) is -2.08. The van der Waals surface area contributed by atoms with Gasteiger partial charge in [-0.25, -0.2) is 9.59 Å². The first-order valence-corrected chi connectivity index (χ1v) is 16.7. The largest absolute Gasteiger partial charge is 0.454 e. The average molecular weight is 670 g/mol. The van der Waals surface area contributed by atoms with Gasteiger partial charge >= 0.3 is 12.1 Å². The molecule has 2 aliphatic rings. The minimum Gasteiger partial charge on any atom is -0.454 e. The zero-order chi connectivity index (χ0) is 34.4. The Morgan fingerprint density at radius 2 is 1.59 bits per heavy atom. The third-order valence-corrected chi connectivity index (χ3v) is 8.63. The molecule has 0 bridgehead atoms. The number of esters is 1. The fourth-order valence-electron chi connectivity index (χ4n) is 6.14. The van der Waals surface area contributed by atoms with E-state index in [0.717, 1.165) is 22.3 Å². The van der Waals surface area contributed by atoms with Crippen molar-refractivity contribution in [2.24, 2.45) is 5.92 Å². The Labute approximate surface area is 286 Å². The number of allylic oxidation sites excluding steroid dienone is 2. The van der Waals surface area contributed by atoms with Crippen LogP contribution in [-0.4, -0.2) is 74.5 Å². The van der Waals surface area contributed by atoms with E-state index in [1.165, 1.54) is 0 Å². The summed E-state index contributed by atoms with van der Waals surface area (Å²) >= 11 is 0. The summed E-state index contributed by atoms with van der Waals surface area (Å²) in [5.41, 5.74) is 5.06. The first-order chi connectivity index (χ1) is 23.9. The van der Waals surface area contributed by atoms with Crippen molar-refractivity contribution in [3.8, 4) is 11.1 Å². The lowest BCUT2D eigenvalue weighted by molar-refractivity contribution is -0.152. The van der Waals surface area contributed by atoms with Crippen LogP contribution >= 0.6 is 0 Å². The number of aliphatic hydroxyl groups excluding tert-OH is 1. The molecule has 0 saturated carbocycles.